The highest BCUT2D eigenvalue weighted by atomic mass is 16.5. The highest BCUT2D eigenvalue weighted by molar-refractivity contribution is 5.37. The molecule has 19 heavy (non-hydrogen) atoms. The molecule has 2 aromatic carbocycles. The predicted molar refractivity (Wildman–Crippen MR) is 79.6 cm³/mol. The second-order valence-electron chi connectivity index (χ2n) is 4.73. The van der Waals surface area contributed by atoms with Gasteiger partial charge in [0.1, 0.15) is 5.75 Å². The minimum Gasteiger partial charge on any atom is -0.493 e. The van der Waals surface area contributed by atoms with Crippen LogP contribution in [0.4, 0.5) is 0 Å². The van der Waals surface area contributed by atoms with Crippen LogP contribution in [0.1, 0.15) is 16.7 Å². The molecule has 0 unspecified atom stereocenters. The lowest BCUT2D eigenvalue weighted by molar-refractivity contribution is 0.318. The Balaban J connectivity index is 1.95. The Morgan fingerprint density at radius 3 is 2.53 bits per heavy atom. The molecule has 0 spiro atoms. The summed E-state index contributed by atoms with van der Waals surface area (Å²) in [6.45, 7) is 3.44. The molecule has 0 heterocycles. The fourth-order valence-corrected chi connectivity index (χ4v) is 2.12. The number of ether oxygens (including phenoxy) is 1. The maximum absolute atomic E-state index is 5.89. The van der Waals surface area contributed by atoms with Crippen molar-refractivity contribution in [2.75, 3.05) is 13.2 Å². The highest BCUT2D eigenvalue weighted by Gasteiger charge is 2.03. The molecule has 2 heteroatoms. The van der Waals surface area contributed by atoms with Crippen LogP contribution in [0.2, 0.25) is 0 Å². The van der Waals surface area contributed by atoms with E-state index in [9.17, 15) is 0 Å². The summed E-state index contributed by atoms with van der Waals surface area (Å²) in [5.74, 6) is 0.965. The average molecular weight is 255 g/mol. The molecule has 0 fully saturated rings. The van der Waals surface area contributed by atoms with Crippen molar-refractivity contribution in [3.8, 4) is 5.75 Å². The molecular formula is C17H21NO. The maximum Gasteiger partial charge on any atom is 0.122 e. The van der Waals surface area contributed by atoms with Crippen LogP contribution in [0.15, 0.2) is 48.5 Å². The summed E-state index contributed by atoms with van der Waals surface area (Å²) in [7, 11) is 0. The van der Waals surface area contributed by atoms with Gasteiger partial charge in [0, 0.05) is 6.42 Å². The number of hydrogen-bond acceptors (Lipinski definition) is 2. The van der Waals surface area contributed by atoms with Gasteiger partial charge in [0.15, 0.2) is 0 Å². The fraction of sp³-hybridized carbons (Fsp3) is 0.294. The van der Waals surface area contributed by atoms with Crippen LogP contribution in [-0.4, -0.2) is 13.2 Å². The molecule has 0 saturated carbocycles. The summed E-state index contributed by atoms with van der Waals surface area (Å²) < 4.78 is 5.89. The van der Waals surface area contributed by atoms with Gasteiger partial charge in [-0.3, -0.25) is 0 Å². The number of hydrogen-bond donors (Lipinski definition) is 1. The summed E-state index contributed by atoms with van der Waals surface area (Å²) in [6, 6.07) is 16.7. The smallest absolute Gasteiger partial charge is 0.122 e. The number of benzene rings is 2. The number of nitrogens with two attached hydrogens (primary N) is 1. The number of aryl methyl sites for hydroxylation is 1. The topological polar surface area (TPSA) is 35.2 Å². The van der Waals surface area contributed by atoms with Crippen LogP contribution in [0, 0.1) is 6.92 Å². The molecule has 0 radical (unpaired) electrons. The zero-order valence-corrected chi connectivity index (χ0v) is 11.4. The summed E-state index contributed by atoms with van der Waals surface area (Å²) >= 11 is 0. The molecule has 2 nitrogen and oxygen atoms in total. The normalized spacial score (nSPS) is 10.4. The van der Waals surface area contributed by atoms with E-state index in [2.05, 4.69) is 43.3 Å². The lowest BCUT2D eigenvalue weighted by Crippen LogP contribution is -2.07. The van der Waals surface area contributed by atoms with Gasteiger partial charge in [0.05, 0.1) is 6.61 Å². The minimum atomic E-state index is 0.651. The van der Waals surface area contributed by atoms with Crippen LogP contribution in [0.5, 0.6) is 5.75 Å². The lowest BCUT2D eigenvalue weighted by Gasteiger charge is -2.12. The first kappa shape index (κ1) is 13.6. The van der Waals surface area contributed by atoms with Gasteiger partial charge in [-0.1, -0.05) is 48.0 Å². The monoisotopic (exact) mass is 255 g/mol. The number of rotatable bonds is 6. The Morgan fingerprint density at radius 1 is 1.00 bits per heavy atom. The van der Waals surface area contributed by atoms with Crippen LogP contribution < -0.4 is 10.5 Å². The molecule has 0 aliphatic rings. The highest BCUT2D eigenvalue weighted by Crippen LogP contribution is 2.20. The second kappa shape index (κ2) is 6.95. The van der Waals surface area contributed by atoms with Crippen LogP contribution in [0.25, 0.3) is 0 Å². The third kappa shape index (κ3) is 4.11. The Bertz CT molecular complexity index is 508. The Hall–Kier alpha value is -1.80. The minimum absolute atomic E-state index is 0.651. The fourth-order valence-electron chi connectivity index (χ4n) is 2.12. The van der Waals surface area contributed by atoms with E-state index in [1.807, 2.05) is 12.1 Å². The molecule has 2 N–H and O–H groups in total. The summed E-state index contributed by atoms with van der Waals surface area (Å²) in [5, 5.41) is 0. The van der Waals surface area contributed by atoms with E-state index >= 15 is 0 Å². The van der Waals surface area contributed by atoms with E-state index in [0.29, 0.717) is 13.2 Å². The molecule has 0 bridgehead atoms. The molecule has 0 atom stereocenters. The van der Waals surface area contributed by atoms with Gasteiger partial charge in [-0.2, -0.15) is 0 Å². The molecular weight excluding hydrogens is 234 g/mol. The predicted octanol–water partition coefficient (Wildman–Crippen LogP) is 3.12. The quantitative estimate of drug-likeness (QED) is 0.860. The SMILES string of the molecule is Cc1ccc(OCCc2ccccc2)c(CCN)c1. The van der Waals surface area contributed by atoms with Crippen molar-refractivity contribution >= 4 is 0 Å². The molecule has 0 amide bonds. The maximum atomic E-state index is 5.89. The van der Waals surface area contributed by atoms with Crippen molar-refractivity contribution in [3.63, 3.8) is 0 Å². The molecule has 0 aromatic heterocycles. The molecule has 100 valence electrons. The Morgan fingerprint density at radius 2 is 1.79 bits per heavy atom. The molecule has 2 rings (SSSR count). The first-order valence-corrected chi connectivity index (χ1v) is 6.76. The van der Waals surface area contributed by atoms with Crippen molar-refractivity contribution < 1.29 is 4.74 Å². The van der Waals surface area contributed by atoms with E-state index < -0.39 is 0 Å². The lowest BCUT2D eigenvalue weighted by atomic mass is 10.1. The summed E-state index contributed by atoms with van der Waals surface area (Å²) in [5.41, 5.74) is 9.40. The van der Waals surface area contributed by atoms with Gasteiger partial charge in [0.25, 0.3) is 0 Å². The van der Waals surface area contributed by atoms with Gasteiger partial charge in [-0.25, -0.2) is 0 Å². The molecule has 0 saturated heterocycles. The van der Waals surface area contributed by atoms with Crippen molar-refractivity contribution in [3.05, 3.63) is 65.2 Å². The molecule has 0 aliphatic carbocycles. The van der Waals surface area contributed by atoms with Crippen molar-refractivity contribution in [2.24, 2.45) is 5.73 Å². The first-order chi connectivity index (χ1) is 9.29. The van der Waals surface area contributed by atoms with E-state index in [4.69, 9.17) is 10.5 Å². The van der Waals surface area contributed by atoms with Crippen LogP contribution in [-0.2, 0) is 12.8 Å². The van der Waals surface area contributed by atoms with Crippen LogP contribution >= 0.6 is 0 Å². The van der Waals surface area contributed by atoms with Crippen molar-refractivity contribution in [2.45, 2.75) is 19.8 Å². The van der Waals surface area contributed by atoms with Gasteiger partial charge in [-0.15, -0.1) is 0 Å². The van der Waals surface area contributed by atoms with Crippen molar-refractivity contribution in [1.29, 1.82) is 0 Å². The largest absolute Gasteiger partial charge is 0.493 e. The van der Waals surface area contributed by atoms with Crippen LogP contribution in [0.3, 0.4) is 0 Å². The molecule has 0 aliphatic heterocycles. The molecule has 2 aromatic rings. The standard InChI is InChI=1S/C17H21NO/c1-14-7-8-17(16(13-14)9-11-18)19-12-10-15-5-3-2-4-6-15/h2-8,13H,9-12,18H2,1H3. The van der Waals surface area contributed by atoms with Gasteiger partial charge >= 0.3 is 0 Å². The van der Waals surface area contributed by atoms with Gasteiger partial charge in [0.2, 0.25) is 0 Å². The zero-order valence-electron chi connectivity index (χ0n) is 11.4. The van der Waals surface area contributed by atoms with E-state index in [-0.39, 0.29) is 0 Å². The summed E-state index contributed by atoms with van der Waals surface area (Å²) in [6.07, 6.45) is 1.79. The first-order valence-electron chi connectivity index (χ1n) is 6.76. The zero-order chi connectivity index (χ0) is 13.5. The average Bonchev–Trinajstić information content (AvgIpc) is 2.43. The van der Waals surface area contributed by atoms with E-state index in [1.165, 1.54) is 16.7 Å². The third-order valence-corrected chi connectivity index (χ3v) is 3.12. The van der Waals surface area contributed by atoms with Gasteiger partial charge < -0.3 is 10.5 Å². The van der Waals surface area contributed by atoms with Crippen molar-refractivity contribution in [1.82, 2.24) is 0 Å². The van der Waals surface area contributed by atoms with E-state index in [0.717, 1.165) is 18.6 Å². The van der Waals surface area contributed by atoms with E-state index in [1.54, 1.807) is 0 Å². The Kier molecular flexibility index (Phi) is 4.99. The summed E-state index contributed by atoms with van der Waals surface area (Å²) in [4.78, 5) is 0. The second-order valence-corrected chi connectivity index (χ2v) is 4.73. The third-order valence-electron chi connectivity index (χ3n) is 3.12. The van der Waals surface area contributed by atoms with Gasteiger partial charge in [-0.05, 0) is 37.1 Å². The Labute approximate surface area is 115 Å².